The van der Waals surface area contributed by atoms with Crippen molar-refractivity contribution in [2.45, 2.75) is 44.6 Å². The highest BCUT2D eigenvalue weighted by Gasteiger charge is 2.27. The van der Waals surface area contributed by atoms with Gasteiger partial charge in [0.25, 0.3) is 0 Å². The van der Waals surface area contributed by atoms with Crippen LogP contribution in [0.25, 0.3) is 28.2 Å². The number of aromatic amines is 1. The Morgan fingerprint density at radius 1 is 1.11 bits per heavy atom. The van der Waals surface area contributed by atoms with Crippen molar-refractivity contribution in [2.75, 3.05) is 32.8 Å². The quantitative estimate of drug-likeness (QED) is 0.362. The third kappa shape index (κ3) is 4.27. The highest BCUT2D eigenvalue weighted by atomic mass is 32.2. The molecule has 192 valence electrons. The van der Waals surface area contributed by atoms with Gasteiger partial charge >= 0.3 is 5.69 Å². The Kier molecular flexibility index (Phi) is 6.77. The molecule has 0 aliphatic carbocycles. The van der Waals surface area contributed by atoms with Crippen LogP contribution in [0.5, 0.6) is 5.75 Å². The first-order valence-electron chi connectivity index (χ1n) is 12.3. The number of aryl methyl sites for hydroxylation is 1. The van der Waals surface area contributed by atoms with E-state index in [0.717, 1.165) is 25.8 Å². The van der Waals surface area contributed by atoms with Gasteiger partial charge in [0.15, 0.2) is 11.3 Å². The smallest absolute Gasteiger partial charge is 0.336 e. The lowest BCUT2D eigenvalue weighted by molar-refractivity contribution is 0.318. The second kappa shape index (κ2) is 9.99. The zero-order chi connectivity index (χ0) is 25.3. The van der Waals surface area contributed by atoms with Crippen molar-refractivity contribution in [1.29, 1.82) is 0 Å². The Balaban J connectivity index is 1.68. The summed E-state index contributed by atoms with van der Waals surface area (Å²) < 4.78 is 37.4. The van der Waals surface area contributed by atoms with Crippen molar-refractivity contribution >= 4 is 26.8 Å². The zero-order valence-corrected chi connectivity index (χ0v) is 21.2. The summed E-state index contributed by atoms with van der Waals surface area (Å²) in [6.45, 7) is 7.16. The lowest BCUT2D eigenvalue weighted by atomic mass is 10.2. The van der Waals surface area contributed by atoms with Crippen LogP contribution in [0.1, 0.15) is 33.1 Å². The van der Waals surface area contributed by atoms with E-state index < -0.39 is 10.0 Å². The van der Waals surface area contributed by atoms with E-state index in [2.05, 4.69) is 20.5 Å². The number of aromatic nitrogens is 6. The van der Waals surface area contributed by atoms with E-state index in [1.165, 1.54) is 15.0 Å². The van der Waals surface area contributed by atoms with E-state index >= 15 is 0 Å². The van der Waals surface area contributed by atoms with Crippen LogP contribution >= 0.6 is 0 Å². The first-order chi connectivity index (χ1) is 17.5. The molecule has 0 radical (unpaired) electrons. The van der Waals surface area contributed by atoms with Gasteiger partial charge in [-0.1, -0.05) is 13.8 Å². The van der Waals surface area contributed by atoms with Gasteiger partial charge in [0, 0.05) is 26.2 Å². The molecule has 0 spiro atoms. The van der Waals surface area contributed by atoms with Crippen molar-refractivity contribution < 1.29 is 13.2 Å². The summed E-state index contributed by atoms with van der Waals surface area (Å²) in [6.07, 6.45) is 3.64. The monoisotopic (exact) mass is 514 g/mol. The molecule has 1 saturated heterocycles. The summed E-state index contributed by atoms with van der Waals surface area (Å²) in [7, 11) is -3.72. The van der Waals surface area contributed by atoms with Crippen LogP contribution in [0.4, 0.5) is 0 Å². The molecule has 5 rings (SSSR count). The molecule has 0 amide bonds. The minimum atomic E-state index is -3.72. The van der Waals surface area contributed by atoms with Crippen molar-refractivity contribution in [2.24, 2.45) is 0 Å². The molecule has 4 heterocycles. The van der Waals surface area contributed by atoms with Crippen LogP contribution in [0, 0.1) is 0 Å². The number of ether oxygens (including phenoxy) is 1. The van der Waals surface area contributed by atoms with Crippen LogP contribution in [0.2, 0.25) is 0 Å². The molecule has 1 aliphatic heterocycles. The summed E-state index contributed by atoms with van der Waals surface area (Å²) in [5, 5.41) is 11.2. The lowest BCUT2D eigenvalue weighted by Gasteiger charge is -2.20. The van der Waals surface area contributed by atoms with Crippen LogP contribution < -0.4 is 15.7 Å². The number of fused-ring (bicyclic) bond motifs is 3. The van der Waals surface area contributed by atoms with Gasteiger partial charge in [-0.3, -0.25) is 4.57 Å². The Morgan fingerprint density at radius 2 is 1.97 bits per heavy atom. The molecule has 0 atom stereocenters. The molecule has 0 saturated carbocycles. The Morgan fingerprint density at radius 3 is 2.78 bits per heavy atom. The highest BCUT2D eigenvalue weighted by Crippen LogP contribution is 2.33. The van der Waals surface area contributed by atoms with Crippen molar-refractivity contribution in [3.8, 4) is 17.1 Å². The summed E-state index contributed by atoms with van der Waals surface area (Å²) in [5.41, 5.74) is 1.56. The molecule has 4 aromatic rings. The highest BCUT2D eigenvalue weighted by molar-refractivity contribution is 7.89. The minimum absolute atomic E-state index is 0.169. The molecule has 1 aromatic carbocycles. The number of nitrogens with zero attached hydrogens (tertiary/aromatic N) is 6. The van der Waals surface area contributed by atoms with E-state index in [0.29, 0.717) is 66.7 Å². The number of hydrogen-bond acceptors (Lipinski definition) is 8. The van der Waals surface area contributed by atoms with Crippen LogP contribution in [-0.2, 0) is 16.6 Å². The summed E-state index contributed by atoms with van der Waals surface area (Å²) >= 11 is 0. The van der Waals surface area contributed by atoms with Gasteiger partial charge in [-0.05, 0) is 44.0 Å². The molecule has 36 heavy (non-hydrogen) atoms. The van der Waals surface area contributed by atoms with E-state index in [4.69, 9.17) is 9.72 Å². The standard InChI is InChI=1S/C23H30N8O4S/c1-3-10-30-21-19(22-28-25-15-31(22)23(30)32)26-20(27-21)17-14-16(6-7-18(17)35-13-4-2)36(33,34)29-11-5-8-24-9-12-29/h6-7,14-15,24H,3-5,8-13H2,1-2H3,(H,26,27). The van der Waals surface area contributed by atoms with E-state index in [-0.39, 0.29) is 10.6 Å². The number of H-pyrrole nitrogens is 1. The molecule has 0 unspecified atom stereocenters. The Labute approximate surface area is 208 Å². The SMILES string of the molecule is CCCOc1ccc(S(=O)(=O)N2CCCNCC2)cc1-c1nc2c([nH]1)c1nncn1c(=O)n2CCC. The lowest BCUT2D eigenvalue weighted by Crippen LogP contribution is -2.34. The summed E-state index contributed by atoms with van der Waals surface area (Å²) in [5.74, 6) is 0.903. The maximum Gasteiger partial charge on any atom is 0.336 e. The fourth-order valence-corrected chi connectivity index (χ4v) is 5.94. The van der Waals surface area contributed by atoms with E-state index in [1.54, 1.807) is 22.8 Å². The fourth-order valence-electron chi connectivity index (χ4n) is 4.44. The van der Waals surface area contributed by atoms with Gasteiger partial charge < -0.3 is 15.0 Å². The Bertz CT molecular complexity index is 1550. The number of imidazole rings is 1. The molecule has 13 heteroatoms. The first kappa shape index (κ1) is 24.4. The van der Waals surface area contributed by atoms with Crippen LogP contribution in [0.3, 0.4) is 0 Å². The third-order valence-corrected chi connectivity index (χ3v) is 8.10. The maximum absolute atomic E-state index is 13.5. The van der Waals surface area contributed by atoms with Crippen molar-refractivity contribution in [3.05, 3.63) is 35.0 Å². The van der Waals surface area contributed by atoms with E-state index in [1.807, 2.05) is 13.8 Å². The molecular weight excluding hydrogens is 484 g/mol. The predicted octanol–water partition coefficient (Wildman–Crippen LogP) is 1.62. The molecule has 1 aliphatic rings. The van der Waals surface area contributed by atoms with Gasteiger partial charge in [-0.15, -0.1) is 10.2 Å². The first-order valence-corrected chi connectivity index (χ1v) is 13.7. The zero-order valence-electron chi connectivity index (χ0n) is 20.4. The fraction of sp³-hybridized carbons (Fsp3) is 0.478. The summed E-state index contributed by atoms with van der Waals surface area (Å²) in [6, 6.07) is 4.85. The minimum Gasteiger partial charge on any atom is -0.493 e. The average molecular weight is 515 g/mol. The topological polar surface area (TPSA) is 140 Å². The molecule has 0 bridgehead atoms. The second-order valence-electron chi connectivity index (χ2n) is 8.76. The second-order valence-corrected chi connectivity index (χ2v) is 10.7. The van der Waals surface area contributed by atoms with Crippen molar-refractivity contribution in [3.63, 3.8) is 0 Å². The van der Waals surface area contributed by atoms with Crippen molar-refractivity contribution in [1.82, 2.24) is 38.8 Å². The molecule has 3 aromatic heterocycles. The number of benzene rings is 1. The van der Waals surface area contributed by atoms with Gasteiger partial charge in [0.05, 0.1) is 17.1 Å². The van der Waals surface area contributed by atoms with Gasteiger partial charge in [0.1, 0.15) is 23.4 Å². The third-order valence-electron chi connectivity index (χ3n) is 6.20. The van der Waals surface area contributed by atoms with E-state index in [9.17, 15) is 13.2 Å². The summed E-state index contributed by atoms with van der Waals surface area (Å²) in [4.78, 5) is 21.2. The normalized spacial score (nSPS) is 15.5. The van der Waals surface area contributed by atoms with Gasteiger partial charge in [-0.2, -0.15) is 4.31 Å². The largest absolute Gasteiger partial charge is 0.493 e. The number of sulfonamides is 1. The Hall–Kier alpha value is -3.29. The van der Waals surface area contributed by atoms with Gasteiger partial charge in [-0.25, -0.2) is 22.6 Å². The molecule has 12 nitrogen and oxygen atoms in total. The number of rotatable bonds is 8. The van der Waals surface area contributed by atoms with Crippen LogP contribution in [-0.4, -0.2) is 74.6 Å². The van der Waals surface area contributed by atoms with Crippen LogP contribution in [0.15, 0.2) is 34.2 Å². The average Bonchev–Trinajstić information content (AvgIpc) is 3.45. The number of nitrogens with one attached hydrogen (secondary N) is 2. The maximum atomic E-state index is 13.5. The molecule has 1 fully saturated rings. The molecule has 2 N–H and O–H groups in total. The number of hydrogen-bond donors (Lipinski definition) is 2. The predicted molar refractivity (Wildman–Crippen MR) is 135 cm³/mol. The molecular formula is C23H30N8O4S. The van der Waals surface area contributed by atoms with Gasteiger partial charge in [0.2, 0.25) is 10.0 Å².